The Kier molecular flexibility index (Phi) is 7.20. The van der Waals surface area contributed by atoms with Gasteiger partial charge in [-0.05, 0) is 55.0 Å². The van der Waals surface area contributed by atoms with Crippen LogP contribution in [0.15, 0.2) is 89.9 Å². The fourth-order valence-corrected chi connectivity index (χ4v) is 5.14. The number of thiophene rings is 1. The maximum atomic E-state index is 15.0. The van der Waals surface area contributed by atoms with Crippen LogP contribution < -0.4 is 15.5 Å². The summed E-state index contributed by atoms with van der Waals surface area (Å²) in [4.78, 5) is 45.1. The van der Waals surface area contributed by atoms with E-state index in [9.17, 15) is 19.5 Å². The predicted molar refractivity (Wildman–Crippen MR) is 148 cm³/mol. The topological polar surface area (TPSA) is 111 Å². The summed E-state index contributed by atoms with van der Waals surface area (Å²) in [5.74, 6) is -2.15. The first-order valence-electron chi connectivity index (χ1n) is 12.0. The van der Waals surface area contributed by atoms with E-state index in [-0.39, 0.29) is 22.7 Å². The molecule has 8 nitrogen and oxygen atoms in total. The van der Waals surface area contributed by atoms with Crippen LogP contribution in [0.5, 0.6) is 0 Å². The molecule has 0 saturated heterocycles. The molecule has 5 rings (SSSR count). The van der Waals surface area contributed by atoms with Crippen molar-refractivity contribution in [3.63, 3.8) is 0 Å². The van der Waals surface area contributed by atoms with Gasteiger partial charge in [0.2, 0.25) is 6.17 Å². The van der Waals surface area contributed by atoms with E-state index < -0.39 is 29.9 Å². The summed E-state index contributed by atoms with van der Waals surface area (Å²) in [5.41, 5.74) is 2.81. The van der Waals surface area contributed by atoms with Gasteiger partial charge in [-0.3, -0.25) is 4.79 Å². The summed E-state index contributed by atoms with van der Waals surface area (Å²) in [6.07, 6.45) is -1.39. The molecule has 0 spiro atoms. The fraction of sp³-hybridized carbons (Fsp3) is 0.103. The molecule has 0 radical (unpaired) electrons. The summed E-state index contributed by atoms with van der Waals surface area (Å²) in [6.45, 7) is 1.92. The zero-order valence-corrected chi connectivity index (χ0v) is 21.5. The molecule has 3 N–H and O–H groups in total. The van der Waals surface area contributed by atoms with Crippen molar-refractivity contribution in [3.05, 3.63) is 117 Å². The first-order valence-corrected chi connectivity index (χ1v) is 12.8. The molecule has 1 aromatic heterocycles. The van der Waals surface area contributed by atoms with Crippen molar-refractivity contribution in [2.75, 3.05) is 10.2 Å². The standard InChI is InChI=1S/C29H23FN4O4S/c1-17-7-6-8-18(15-17)31-29(38)33-26-27(35)34(16-19-13-14-24(39-19)28(36)37)23-12-5-3-10-21(23)25(32-26)20-9-2-4-11-22(20)30/h2-15,26H,16H2,1H3,(H,36,37)(H2,31,33,38). The lowest BCUT2D eigenvalue weighted by Gasteiger charge is -2.25. The van der Waals surface area contributed by atoms with Gasteiger partial charge >= 0.3 is 12.0 Å². The number of benzodiazepines with no additional fused rings is 1. The SMILES string of the molecule is Cc1cccc(NC(=O)NC2N=C(c3ccccc3F)c3ccccc3N(Cc3ccc(C(=O)O)s3)C2=O)c1. The number of nitrogens with one attached hydrogen (secondary N) is 2. The Balaban J connectivity index is 1.57. The third kappa shape index (κ3) is 5.55. The molecule has 0 bridgehead atoms. The second kappa shape index (κ2) is 10.9. The maximum Gasteiger partial charge on any atom is 0.345 e. The number of aromatic carboxylic acids is 1. The molecule has 0 fully saturated rings. The lowest BCUT2D eigenvalue weighted by molar-refractivity contribution is -0.120. The van der Waals surface area contributed by atoms with E-state index in [4.69, 9.17) is 0 Å². The van der Waals surface area contributed by atoms with Gasteiger partial charge in [0.1, 0.15) is 10.7 Å². The number of fused-ring (bicyclic) bond motifs is 1. The van der Waals surface area contributed by atoms with E-state index in [1.54, 1.807) is 66.7 Å². The molecule has 1 atom stereocenters. The van der Waals surface area contributed by atoms with Gasteiger partial charge in [-0.15, -0.1) is 11.3 Å². The molecular formula is C29H23FN4O4S. The van der Waals surface area contributed by atoms with Gasteiger partial charge in [0.25, 0.3) is 5.91 Å². The van der Waals surface area contributed by atoms with Crippen LogP contribution in [-0.2, 0) is 11.3 Å². The van der Waals surface area contributed by atoms with E-state index >= 15 is 4.39 Å². The van der Waals surface area contributed by atoms with Crippen LogP contribution in [-0.4, -0.2) is 34.9 Å². The third-order valence-corrected chi connectivity index (χ3v) is 7.13. The van der Waals surface area contributed by atoms with Crippen LogP contribution in [0.25, 0.3) is 0 Å². The van der Waals surface area contributed by atoms with Gasteiger partial charge in [-0.2, -0.15) is 0 Å². The lowest BCUT2D eigenvalue weighted by Crippen LogP contribution is -2.48. The minimum atomic E-state index is -1.39. The number of hydrogen-bond acceptors (Lipinski definition) is 5. The normalized spacial score (nSPS) is 14.7. The van der Waals surface area contributed by atoms with Gasteiger partial charge in [0, 0.05) is 21.7 Å². The molecule has 0 saturated carbocycles. The number of halogens is 1. The summed E-state index contributed by atoms with van der Waals surface area (Å²) in [7, 11) is 0. The Labute approximate surface area is 227 Å². The number of amides is 3. The number of rotatable bonds is 6. The second-order valence-electron chi connectivity index (χ2n) is 8.84. The van der Waals surface area contributed by atoms with Crippen LogP contribution in [0.2, 0.25) is 0 Å². The Hall–Kier alpha value is -4.83. The number of carbonyl (C=O) groups excluding carboxylic acids is 2. The summed E-state index contributed by atoms with van der Waals surface area (Å²) < 4.78 is 15.0. The predicted octanol–water partition coefficient (Wildman–Crippen LogP) is 5.43. The number of hydrogen-bond donors (Lipinski definition) is 3. The average Bonchev–Trinajstić information content (AvgIpc) is 3.35. The average molecular weight is 543 g/mol. The highest BCUT2D eigenvalue weighted by Crippen LogP contribution is 2.31. The van der Waals surface area contributed by atoms with Crippen molar-refractivity contribution in [1.29, 1.82) is 0 Å². The van der Waals surface area contributed by atoms with Crippen molar-refractivity contribution < 1.29 is 23.9 Å². The molecule has 3 amide bonds. The Morgan fingerprint density at radius 1 is 1.00 bits per heavy atom. The Morgan fingerprint density at radius 2 is 1.74 bits per heavy atom. The van der Waals surface area contributed by atoms with Crippen LogP contribution in [0, 0.1) is 12.7 Å². The molecule has 196 valence electrons. The largest absolute Gasteiger partial charge is 0.477 e. The summed E-state index contributed by atoms with van der Waals surface area (Å²) in [5, 5.41) is 14.7. The Bertz CT molecular complexity index is 1620. The molecule has 4 aromatic rings. The van der Waals surface area contributed by atoms with Gasteiger partial charge in [0.15, 0.2) is 0 Å². The maximum absolute atomic E-state index is 15.0. The van der Waals surface area contributed by atoms with Crippen molar-refractivity contribution >= 4 is 46.3 Å². The van der Waals surface area contributed by atoms with E-state index in [0.717, 1.165) is 16.9 Å². The molecule has 2 heterocycles. The molecule has 3 aromatic carbocycles. The first kappa shape index (κ1) is 25.8. The number of carboxylic acid groups (broad SMARTS) is 1. The molecule has 1 aliphatic heterocycles. The molecule has 39 heavy (non-hydrogen) atoms. The number of carboxylic acids is 1. The molecule has 1 aliphatic rings. The number of aryl methyl sites for hydroxylation is 1. The minimum absolute atomic E-state index is 0.0333. The number of para-hydroxylation sites is 1. The number of benzene rings is 3. The third-order valence-electron chi connectivity index (χ3n) is 6.07. The minimum Gasteiger partial charge on any atom is -0.477 e. The molecular weight excluding hydrogens is 519 g/mol. The molecule has 1 unspecified atom stereocenters. The Morgan fingerprint density at radius 3 is 2.46 bits per heavy atom. The quantitative estimate of drug-likeness (QED) is 0.302. The highest BCUT2D eigenvalue weighted by Gasteiger charge is 2.34. The number of carbonyl (C=O) groups is 3. The summed E-state index contributed by atoms with van der Waals surface area (Å²) in [6, 6.07) is 22.7. The summed E-state index contributed by atoms with van der Waals surface area (Å²) >= 11 is 1.05. The van der Waals surface area contributed by atoms with E-state index in [0.29, 0.717) is 21.8 Å². The van der Waals surface area contributed by atoms with Gasteiger partial charge in [-0.25, -0.2) is 19.0 Å². The number of aliphatic imine (C=N–C) groups is 1. The fourth-order valence-electron chi connectivity index (χ4n) is 4.30. The number of anilines is 2. The van der Waals surface area contributed by atoms with E-state index in [2.05, 4.69) is 15.6 Å². The van der Waals surface area contributed by atoms with Gasteiger partial charge in [-0.1, -0.05) is 42.5 Å². The van der Waals surface area contributed by atoms with E-state index in [1.807, 2.05) is 13.0 Å². The van der Waals surface area contributed by atoms with Crippen LogP contribution in [0.1, 0.15) is 31.2 Å². The van der Waals surface area contributed by atoms with Crippen LogP contribution in [0.3, 0.4) is 0 Å². The molecule has 0 aliphatic carbocycles. The molecule has 10 heteroatoms. The smallest absolute Gasteiger partial charge is 0.345 e. The van der Waals surface area contributed by atoms with Crippen molar-refractivity contribution in [3.8, 4) is 0 Å². The zero-order chi connectivity index (χ0) is 27.5. The van der Waals surface area contributed by atoms with Gasteiger partial charge in [0.05, 0.1) is 17.9 Å². The monoisotopic (exact) mass is 542 g/mol. The zero-order valence-electron chi connectivity index (χ0n) is 20.7. The number of urea groups is 1. The van der Waals surface area contributed by atoms with Gasteiger partial charge < -0.3 is 20.6 Å². The lowest BCUT2D eigenvalue weighted by atomic mass is 9.99. The van der Waals surface area contributed by atoms with E-state index in [1.165, 1.54) is 17.0 Å². The first-order chi connectivity index (χ1) is 18.8. The van der Waals surface area contributed by atoms with Crippen molar-refractivity contribution in [2.24, 2.45) is 4.99 Å². The highest BCUT2D eigenvalue weighted by atomic mass is 32.1. The van der Waals surface area contributed by atoms with Crippen LogP contribution >= 0.6 is 11.3 Å². The second-order valence-corrected chi connectivity index (χ2v) is 10.0. The highest BCUT2D eigenvalue weighted by molar-refractivity contribution is 7.13. The van der Waals surface area contributed by atoms with Crippen molar-refractivity contribution in [2.45, 2.75) is 19.6 Å². The van der Waals surface area contributed by atoms with Crippen molar-refractivity contribution in [1.82, 2.24) is 5.32 Å². The number of nitrogens with zero attached hydrogens (tertiary/aromatic N) is 2. The van der Waals surface area contributed by atoms with Crippen LogP contribution in [0.4, 0.5) is 20.6 Å².